The number of nitrogens with zero attached hydrogens (tertiary/aromatic N) is 1. The average molecular weight is 286 g/mol. The maximum Gasteiger partial charge on any atom is 0.326 e. The van der Waals surface area contributed by atoms with Crippen LogP contribution in [0.5, 0.6) is 0 Å². The summed E-state index contributed by atoms with van der Waals surface area (Å²) >= 11 is 1.42. The SMILES string of the molecule is Cc1cnc(CNC(=O)N[C@H](CC(N)=O)C(=O)O)s1. The zero-order chi connectivity index (χ0) is 14.4. The molecular weight excluding hydrogens is 272 g/mol. The van der Waals surface area contributed by atoms with Crippen LogP contribution in [0.2, 0.25) is 0 Å². The summed E-state index contributed by atoms with van der Waals surface area (Å²) in [5.41, 5.74) is 4.89. The summed E-state index contributed by atoms with van der Waals surface area (Å²) in [5.74, 6) is -2.12. The Morgan fingerprint density at radius 2 is 2.21 bits per heavy atom. The Hall–Kier alpha value is -2.16. The highest BCUT2D eigenvalue weighted by molar-refractivity contribution is 7.11. The lowest BCUT2D eigenvalue weighted by Crippen LogP contribution is -2.47. The predicted molar refractivity (Wildman–Crippen MR) is 67.5 cm³/mol. The van der Waals surface area contributed by atoms with Gasteiger partial charge in [-0.3, -0.25) is 4.79 Å². The number of carbonyl (C=O) groups is 3. The molecule has 19 heavy (non-hydrogen) atoms. The molecule has 5 N–H and O–H groups in total. The van der Waals surface area contributed by atoms with Gasteiger partial charge in [0.1, 0.15) is 11.0 Å². The predicted octanol–water partition coefficient (Wildman–Crippen LogP) is -0.421. The van der Waals surface area contributed by atoms with Gasteiger partial charge in [0.25, 0.3) is 0 Å². The Morgan fingerprint density at radius 3 is 2.68 bits per heavy atom. The number of aryl methyl sites for hydroxylation is 1. The first-order valence-electron chi connectivity index (χ1n) is 5.35. The van der Waals surface area contributed by atoms with Gasteiger partial charge in [-0.15, -0.1) is 11.3 Å². The lowest BCUT2D eigenvalue weighted by atomic mass is 10.2. The molecule has 9 heteroatoms. The van der Waals surface area contributed by atoms with Crippen molar-refractivity contribution in [1.29, 1.82) is 0 Å². The molecule has 3 amide bonds. The van der Waals surface area contributed by atoms with E-state index < -0.39 is 30.4 Å². The number of hydrogen-bond acceptors (Lipinski definition) is 5. The molecule has 0 radical (unpaired) electrons. The number of hydrogen-bond donors (Lipinski definition) is 4. The minimum absolute atomic E-state index is 0.188. The van der Waals surface area contributed by atoms with Gasteiger partial charge in [0.15, 0.2) is 0 Å². The number of carboxylic acids is 1. The summed E-state index contributed by atoms with van der Waals surface area (Å²) in [6.07, 6.45) is 1.21. The maximum absolute atomic E-state index is 11.5. The maximum atomic E-state index is 11.5. The van der Waals surface area contributed by atoms with Crippen LogP contribution in [-0.4, -0.2) is 34.0 Å². The number of nitrogens with one attached hydrogen (secondary N) is 2. The van der Waals surface area contributed by atoms with Crippen molar-refractivity contribution in [2.45, 2.75) is 25.9 Å². The van der Waals surface area contributed by atoms with E-state index in [1.165, 1.54) is 11.3 Å². The van der Waals surface area contributed by atoms with Crippen LogP contribution in [-0.2, 0) is 16.1 Å². The molecule has 1 aromatic heterocycles. The number of rotatable bonds is 6. The third-order valence-corrected chi connectivity index (χ3v) is 2.99. The second-order valence-electron chi connectivity index (χ2n) is 3.75. The van der Waals surface area contributed by atoms with Gasteiger partial charge < -0.3 is 21.5 Å². The summed E-state index contributed by atoms with van der Waals surface area (Å²) in [7, 11) is 0. The van der Waals surface area contributed by atoms with Crippen molar-refractivity contribution in [3.05, 3.63) is 16.1 Å². The highest BCUT2D eigenvalue weighted by atomic mass is 32.1. The van der Waals surface area contributed by atoms with E-state index in [0.29, 0.717) is 5.01 Å². The summed E-state index contributed by atoms with van der Waals surface area (Å²) in [6.45, 7) is 2.07. The summed E-state index contributed by atoms with van der Waals surface area (Å²) in [4.78, 5) is 37.9. The first-order chi connectivity index (χ1) is 8.88. The molecule has 1 aromatic rings. The van der Waals surface area contributed by atoms with Crippen molar-refractivity contribution in [1.82, 2.24) is 15.6 Å². The lowest BCUT2D eigenvalue weighted by Gasteiger charge is -2.13. The van der Waals surface area contributed by atoms with Gasteiger partial charge in [-0.05, 0) is 6.92 Å². The van der Waals surface area contributed by atoms with Crippen molar-refractivity contribution in [3.8, 4) is 0 Å². The van der Waals surface area contributed by atoms with Crippen LogP contribution in [0.25, 0.3) is 0 Å². The lowest BCUT2D eigenvalue weighted by molar-refractivity contribution is -0.140. The monoisotopic (exact) mass is 286 g/mol. The molecule has 0 saturated carbocycles. The van der Waals surface area contributed by atoms with Crippen molar-refractivity contribution in [2.75, 3.05) is 0 Å². The number of aromatic nitrogens is 1. The Morgan fingerprint density at radius 1 is 1.53 bits per heavy atom. The van der Waals surface area contributed by atoms with E-state index in [-0.39, 0.29) is 6.54 Å². The average Bonchev–Trinajstić information content (AvgIpc) is 2.71. The summed E-state index contributed by atoms with van der Waals surface area (Å²) in [6, 6.07) is -2.03. The largest absolute Gasteiger partial charge is 0.480 e. The second-order valence-corrected chi connectivity index (χ2v) is 5.07. The molecule has 0 bridgehead atoms. The number of thiazole rings is 1. The molecule has 8 nitrogen and oxygen atoms in total. The van der Waals surface area contributed by atoms with Crippen LogP contribution in [0.1, 0.15) is 16.3 Å². The van der Waals surface area contributed by atoms with Crippen LogP contribution < -0.4 is 16.4 Å². The molecule has 0 spiro atoms. The quantitative estimate of drug-likeness (QED) is 0.563. The smallest absolute Gasteiger partial charge is 0.326 e. The summed E-state index contributed by atoms with van der Waals surface area (Å²) < 4.78 is 0. The zero-order valence-electron chi connectivity index (χ0n) is 10.2. The molecule has 0 aliphatic heterocycles. The molecule has 1 atom stereocenters. The number of carbonyl (C=O) groups excluding carboxylic acids is 2. The van der Waals surface area contributed by atoms with E-state index in [0.717, 1.165) is 4.88 Å². The van der Waals surface area contributed by atoms with E-state index in [1.54, 1.807) is 6.20 Å². The topological polar surface area (TPSA) is 134 Å². The first kappa shape index (κ1) is 14.9. The Kier molecular flexibility index (Phi) is 5.24. The van der Waals surface area contributed by atoms with Gasteiger partial charge in [0, 0.05) is 11.1 Å². The molecular formula is C10H14N4O4S. The fourth-order valence-corrected chi connectivity index (χ4v) is 1.98. The fraction of sp³-hybridized carbons (Fsp3) is 0.400. The molecule has 0 aromatic carbocycles. The molecule has 0 unspecified atom stereocenters. The summed E-state index contributed by atoms with van der Waals surface area (Å²) in [5, 5.41) is 14.1. The Balaban J connectivity index is 2.44. The Bertz CT molecular complexity index is 488. The number of urea groups is 1. The highest BCUT2D eigenvalue weighted by Gasteiger charge is 2.21. The van der Waals surface area contributed by atoms with Gasteiger partial charge in [0.05, 0.1) is 13.0 Å². The van der Waals surface area contributed by atoms with Crippen LogP contribution in [0.15, 0.2) is 6.20 Å². The van der Waals surface area contributed by atoms with Gasteiger partial charge in [-0.2, -0.15) is 0 Å². The van der Waals surface area contributed by atoms with Crippen LogP contribution in [0, 0.1) is 6.92 Å². The molecule has 1 heterocycles. The van der Waals surface area contributed by atoms with Crippen LogP contribution in [0.3, 0.4) is 0 Å². The Labute approximate surface area is 113 Å². The normalized spacial score (nSPS) is 11.6. The van der Waals surface area contributed by atoms with E-state index >= 15 is 0 Å². The van der Waals surface area contributed by atoms with E-state index in [9.17, 15) is 14.4 Å². The van der Waals surface area contributed by atoms with E-state index in [2.05, 4.69) is 15.6 Å². The van der Waals surface area contributed by atoms with Gasteiger partial charge in [-0.25, -0.2) is 14.6 Å². The van der Waals surface area contributed by atoms with E-state index in [4.69, 9.17) is 10.8 Å². The number of primary amides is 1. The molecule has 0 saturated heterocycles. The van der Waals surface area contributed by atoms with Crippen molar-refractivity contribution in [2.24, 2.45) is 5.73 Å². The molecule has 0 aliphatic rings. The number of carboxylic acid groups (broad SMARTS) is 1. The molecule has 0 aliphatic carbocycles. The highest BCUT2D eigenvalue weighted by Crippen LogP contribution is 2.10. The molecule has 1 rings (SSSR count). The molecule has 104 valence electrons. The van der Waals surface area contributed by atoms with Crippen molar-refractivity contribution < 1.29 is 19.5 Å². The van der Waals surface area contributed by atoms with Gasteiger partial charge in [-0.1, -0.05) is 0 Å². The minimum Gasteiger partial charge on any atom is -0.480 e. The van der Waals surface area contributed by atoms with E-state index in [1.807, 2.05) is 6.92 Å². The first-order valence-corrected chi connectivity index (χ1v) is 6.17. The van der Waals surface area contributed by atoms with Crippen LogP contribution in [0.4, 0.5) is 4.79 Å². The van der Waals surface area contributed by atoms with Crippen molar-refractivity contribution >= 4 is 29.2 Å². The van der Waals surface area contributed by atoms with Gasteiger partial charge >= 0.3 is 12.0 Å². The minimum atomic E-state index is -1.34. The number of nitrogens with two attached hydrogens (primary N) is 1. The van der Waals surface area contributed by atoms with Crippen LogP contribution >= 0.6 is 11.3 Å². The second kappa shape index (κ2) is 6.69. The van der Waals surface area contributed by atoms with Gasteiger partial charge in [0.2, 0.25) is 5.91 Å². The third kappa shape index (κ3) is 5.34. The molecule has 0 fully saturated rings. The zero-order valence-corrected chi connectivity index (χ0v) is 11.0. The van der Waals surface area contributed by atoms with Crippen molar-refractivity contribution in [3.63, 3.8) is 0 Å². The standard InChI is InChI=1S/C10H14N4O4S/c1-5-3-12-8(19-5)4-13-10(18)14-6(9(16)17)2-7(11)15/h3,6H,2,4H2,1H3,(H2,11,15)(H,16,17)(H2,13,14,18)/t6-/m1/s1. The third-order valence-electron chi connectivity index (χ3n) is 2.08. The fourth-order valence-electron chi connectivity index (χ4n) is 1.25. The number of aliphatic carboxylic acids is 1. The number of amides is 3.